The summed E-state index contributed by atoms with van der Waals surface area (Å²) in [5, 5.41) is 5.51. The summed E-state index contributed by atoms with van der Waals surface area (Å²) >= 11 is 5.59. The molecule has 1 fully saturated rings. The lowest BCUT2D eigenvalue weighted by atomic mass is 10.0. The number of nitrogens with zero attached hydrogens (tertiary/aromatic N) is 3. The highest BCUT2D eigenvalue weighted by atomic mass is 35.5. The highest BCUT2D eigenvalue weighted by molar-refractivity contribution is 6.62. The Hall–Kier alpha value is -2.30. The SMILES string of the molecule is CCOC(=O)n1nc2c(c1NC(=O)C1(C(F)(F)F)CC1)CN(C(=O)Cl)C2(C)C. The zero-order valence-electron chi connectivity index (χ0n) is 15.3. The molecule has 1 aromatic rings. The smallest absolute Gasteiger partial charge is 0.436 e. The third-order valence-corrected chi connectivity index (χ3v) is 5.37. The first-order valence-corrected chi connectivity index (χ1v) is 8.89. The highest BCUT2D eigenvalue weighted by Crippen LogP contribution is 2.58. The topological polar surface area (TPSA) is 93.5 Å². The maximum Gasteiger partial charge on any atom is 0.436 e. The zero-order chi connectivity index (χ0) is 21.1. The van der Waals surface area contributed by atoms with Gasteiger partial charge in [-0.3, -0.25) is 9.59 Å². The van der Waals surface area contributed by atoms with Gasteiger partial charge in [0.25, 0.3) is 0 Å². The average Bonchev–Trinajstić information content (AvgIpc) is 3.25. The normalized spacial score (nSPS) is 19.2. The Bertz CT molecular complexity index is 861. The van der Waals surface area contributed by atoms with Crippen molar-refractivity contribution >= 4 is 34.8 Å². The van der Waals surface area contributed by atoms with E-state index in [9.17, 15) is 27.6 Å². The molecule has 0 atom stereocenters. The van der Waals surface area contributed by atoms with Crippen LogP contribution in [0.3, 0.4) is 0 Å². The summed E-state index contributed by atoms with van der Waals surface area (Å²) in [6, 6.07) is 0. The van der Waals surface area contributed by atoms with Crippen molar-refractivity contribution in [1.82, 2.24) is 14.7 Å². The fourth-order valence-electron chi connectivity index (χ4n) is 3.29. The van der Waals surface area contributed by atoms with E-state index < -0.39 is 34.5 Å². The van der Waals surface area contributed by atoms with Crippen molar-refractivity contribution in [2.24, 2.45) is 5.41 Å². The molecule has 0 saturated heterocycles. The van der Waals surface area contributed by atoms with Gasteiger partial charge >= 0.3 is 17.6 Å². The fourth-order valence-corrected chi connectivity index (χ4v) is 3.56. The lowest BCUT2D eigenvalue weighted by molar-refractivity contribution is -0.189. The molecule has 1 aliphatic heterocycles. The number of hydrogen-bond acceptors (Lipinski definition) is 5. The predicted octanol–water partition coefficient (Wildman–Crippen LogP) is 3.58. The van der Waals surface area contributed by atoms with Crippen LogP contribution in [-0.2, 0) is 21.6 Å². The molecule has 3 rings (SSSR count). The molecule has 2 heterocycles. The van der Waals surface area contributed by atoms with Crippen LogP contribution in [0.5, 0.6) is 0 Å². The fraction of sp³-hybridized carbons (Fsp3) is 0.625. The molecule has 154 valence electrons. The van der Waals surface area contributed by atoms with E-state index in [1.165, 1.54) is 4.90 Å². The van der Waals surface area contributed by atoms with Crippen LogP contribution in [0, 0.1) is 5.41 Å². The van der Waals surface area contributed by atoms with Gasteiger partial charge in [0.15, 0.2) is 0 Å². The number of hydrogen-bond donors (Lipinski definition) is 1. The summed E-state index contributed by atoms with van der Waals surface area (Å²) in [6.45, 7) is 4.66. The number of aromatic nitrogens is 2. The van der Waals surface area contributed by atoms with E-state index in [0.717, 1.165) is 4.68 Å². The first kappa shape index (κ1) is 20.4. The molecule has 1 aromatic heterocycles. The van der Waals surface area contributed by atoms with Crippen molar-refractivity contribution in [2.75, 3.05) is 11.9 Å². The summed E-state index contributed by atoms with van der Waals surface area (Å²) in [6.07, 6.45) is -6.35. The molecule has 0 spiro atoms. The Labute approximate surface area is 162 Å². The Morgan fingerprint density at radius 3 is 2.36 bits per heavy atom. The van der Waals surface area contributed by atoms with Crippen molar-refractivity contribution in [3.05, 3.63) is 11.3 Å². The second-order valence-corrected chi connectivity index (χ2v) is 7.54. The van der Waals surface area contributed by atoms with E-state index >= 15 is 0 Å². The van der Waals surface area contributed by atoms with Crippen LogP contribution in [0.2, 0.25) is 0 Å². The number of alkyl halides is 3. The maximum absolute atomic E-state index is 13.3. The van der Waals surface area contributed by atoms with Crippen LogP contribution in [0.15, 0.2) is 0 Å². The average molecular weight is 423 g/mol. The Morgan fingerprint density at radius 1 is 1.29 bits per heavy atom. The van der Waals surface area contributed by atoms with Gasteiger partial charge in [0.1, 0.15) is 11.2 Å². The summed E-state index contributed by atoms with van der Waals surface area (Å²) in [7, 11) is 0. The molecule has 8 nitrogen and oxygen atoms in total. The van der Waals surface area contributed by atoms with Gasteiger partial charge in [0.2, 0.25) is 5.91 Å². The quantitative estimate of drug-likeness (QED) is 0.593. The van der Waals surface area contributed by atoms with Gasteiger partial charge < -0.3 is 15.0 Å². The van der Waals surface area contributed by atoms with Crippen LogP contribution >= 0.6 is 11.6 Å². The molecule has 0 aromatic carbocycles. The molecule has 12 heteroatoms. The standard InChI is InChI=1S/C16H18ClF3N4O4/c1-4-28-13(27)24-10(21-11(25)15(5-6-15)16(18,19)20)8-7-23(12(17)26)14(2,3)9(8)22-24/h4-7H2,1-3H3,(H,21,25). The van der Waals surface area contributed by atoms with Crippen molar-refractivity contribution in [3.63, 3.8) is 0 Å². The van der Waals surface area contributed by atoms with Crippen molar-refractivity contribution < 1.29 is 32.3 Å². The number of anilines is 1. The predicted molar refractivity (Wildman–Crippen MR) is 90.8 cm³/mol. The van der Waals surface area contributed by atoms with Crippen LogP contribution < -0.4 is 5.32 Å². The third kappa shape index (κ3) is 2.92. The molecule has 2 aliphatic rings. The summed E-state index contributed by atoms with van der Waals surface area (Å²) in [5.74, 6) is -1.52. The minimum absolute atomic E-state index is 0.00107. The third-order valence-electron chi connectivity index (χ3n) is 5.17. The van der Waals surface area contributed by atoms with Crippen LogP contribution in [0.1, 0.15) is 44.9 Å². The minimum Gasteiger partial charge on any atom is -0.448 e. The summed E-state index contributed by atoms with van der Waals surface area (Å²) in [4.78, 5) is 37.6. The van der Waals surface area contributed by atoms with Gasteiger partial charge in [-0.2, -0.15) is 18.3 Å². The van der Waals surface area contributed by atoms with Crippen molar-refractivity contribution in [1.29, 1.82) is 0 Å². The number of amides is 2. The number of nitrogens with one attached hydrogen (secondary N) is 1. The molecule has 1 N–H and O–H groups in total. The number of halogens is 4. The van der Waals surface area contributed by atoms with Gasteiger partial charge in [0, 0.05) is 5.56 Å². The molecular weight excluding hydrogens is 405 g/mol. The lowest BCUT2D eigenvalue weighted by Gasteiger charge is -2.29. The monoisotopic (exact) mass is 422 g/mol. The summed E-state index contributed by atoms with van der Waals surface area (Å²) < 4.78 is 45.4. The van der Waals surface area contributed by atoms with E-state index in [1.807, 2.05) is 0 Å². The molecule has 0 unspecified atom stereocenters. The van der Waals surface area contributed by atoms with Gasteiger partial charge in [-0.05, 0) is 45.2 Å². The Morgan fingerprint density at radius 2 is 1.89 bits per heavy atom. The number of fused-ring (bicyclic) bond motifs is 1. The molecule has 2 amide bonds. The van der Waals surface area contributed by atoms with Crippen molar-refractivity contribution in [2.45, 2.75) is 51.9 Å². The number of ether oxygens (including phenoxy) is 1. The molecule has 1 aliphatic carbocycles. The summed E-state index contributed by atoms with van der Waals surface area (Å²) in [5.41, 5.74) is -3.05. The van der Waals surface area contributed by atoms with E-state index in [4.69, 9.17) is 16.3 Å². The van der Waals surface area contributed by atoms with Crippen molar-refractivity contribution in [3.8, 4) is 0 Å². The van der Waals surface area contributed by atoms with Crippen LogP contribution in [0.4, 0.5) is 28.6 Å². The second kappa shape index (κ2) is 6.36. The molecule has 0 bridgehead atoms. The van der Waals surface area contributed by atoms with Gasteiger partial charge in [-0.15, -0.1) is 4.68 Å². The lowest BCUT2D eigenvalue weighted by Crippen LogP contribution is -2.39. The van der Waals surface area contributed by atoms with E-state index in [-0.39, 0.29) is 43.1 Å². The molecule has 28 heavy (non-hydrogen) atoms. The Kier molecular flexibility index (Phi) is 4.64. The number of carbonyl (C=O) groups excluding carboxylic acids is 3. The van der Waals surface area contributed by atoms with Gasteiger partial charge in [-0.1, -0.05) is 0 Å². The largest absolute Gasteiger partial charge is 0.448 e. The van der Waals surface area contributed by atoms with E-state index in [2.05, 4.69) is 10.4 Å². The molecule has 1 saturated carbocycles. The van der Waals surface area contributed by atoms with Gasteiger partial charge in [-0.25, -0.2) is 4.79 Å². The number of carbonyl (C=O) groups is 3. The molecule has 0 radical (unpaired) electrons. The minimum atomic E-state index is -4.72. The maximum atomic E-state index is 13.3. The second-order valence-electron chi connectivity index (χ2n) is 7.22. The van der Waals surface area contributed by atoms with E-state index in [1.54, 1.807) is 20.8 Å². The van der Waals surface area contributed by atoms with Crippen LogP contribution in [-0.4, -0.2) is 44.8 Å². The number of rotatable bonds is 3. The van der Waals surface area contributed by atoms with Crippen LogP contribution in [0.25, 0.3) is 0 Å². The Balaban J connectivity index is 2.04. The first-order chi connectivity index (χ1) is 12.9. The van der Waals surface area contributed by atoms with Gasteiger partial charge in [0.05, 0.1) is 24.4 Å². The first-order valence-electron chi connectivity index (χ1n) is 8.51. The highest BCUT2D eigenvalue weighted by Gasteiger charge is 2.68. The zero-order valence-corrected chi connectivity index (χ0v) is 16.1. The van der Waals surface area contributed by atoms with E-state index in [0.29, 0.717) is 0 Å². The molecular formula is C16H18ClF3N4O4.